The van der Waals surface area contributed by atoms with Gasteiger partial charge < -0.3 is 14.8 Å². The number of nitrogens with zero attached hydrogens (tertiary/aromatic N) is 5. The monoisotopic (exact) mass is 408 g/mol. The number of piperidine rings is 1. The van der Waals surface area contributed by atoms with E-state index >= 15 is 0 Å². The van der Waals surface area contributed by atoms with E-state index in [-0.39, 0.29) is 0 Å². The van der Waals surface area contributed by atoms with Gasteiger partial charge >= 0.3 is 0 Å². The van der Waals surface area contributed by atoms with Gasteiger partial charge in [0.15, 0.2) is 5.96 Å². The molecule has 6 heteroatoms. The predicted octanol–water partition coefficient (Wildman–Crippen LogP) is 3.64. The molecule has 1 N–H and O–H groups in total. The predicted molar refractivity (Wildman–Crippen MR) is 122 cm³/mol. The van der Waals surface area contributed by atoms with Crippen LogP contribution in [0.2, 0.25) is 0 Å². The second-order valence-electron chi connectivity index (χ2n) is 8.80. The summed E-state index contributed by atoms with van der Waals surface area (Å²) in [6.07, 6.45) is 8.08. The van der Waals surface area contributed by atoms with E-state index in [4.69, 9.17) is 0 Å². The minimum absolute atomic E-state index is 0.617. The summed E-state index contributed by atoms with van der Waals surface area (Å²) in [5, 5.41) is 12.5. The van der Waals surface area contributed by atoms with E-state index in [1.165, 1.54) is 37.1 Å². The number of fused-ring (bicyclic) bond motifs is 1. The zero-order valence-electron chi connectivity index (χ0n) is 18.6. The Morgan fingerprint density at radius 1 is 1.13 bits per heavy atom. The van der Waals surface area contributed by atoms with E-state index < -0.39 is 0 Å². The minimum Gasteiger partial charge on any atom is -0.356 e. The van der Waals surface area contributed by atoms with Gasteiger partial charge in [0.05, 0.1) is 0 Å². The van der Waals surface area contributed by atoms with Gasteiger partial charge in [-0.25, -0.2) is 0 Å². The van der Waals surface area contributed by atoms with E-state index in [0.717, 1.165) is 57.2 Å². The number of rotatable bonds is 5. The van der Waals surface area contributed by atoms with Crippen molar-refractivity contribution in [3.63, 3.8) is 0 Å². The summed E-state index contributed by atoms with van der Waals surface area (Å²) in [7, 11) is 1.90. The van der Waals surface area contributed by atoms with E-state index in [9.17, 15) is 0 Å². The number of benzene rings is 1. The highest BCUT2D eigenvalue weighted by Gasteiger charge is 2.28. The van der Waals surface area contributed by atoms with Crippen LogP contribution in [0.15, 0.2) is 35.3 Å². The summed E-state index contributed by atoms with van der Waals surface area (Å²) in [5.41, 5.74) is 1.47. The fraction of sp³-hybridized carbons (Fsp3) is 0.625. The molecule has 162 valence electrons. The average Bonchev–Trinajstić information content (AvgIpc) is 3.00. The van der Waals surface area contributed by atoms with Gasteiger partial charge in [-0.15, -0.1) is 10.2 Å². The van der Waals surface area contributed by atoms with Crippen molar-refractivity contribution in [2.24, 2.45) is 10.9 Å². The molecule has 1 fully saturated rings. The molecule has 2 unspecified atom stereocenters. The molecule has 2 aromatic rings. The molecule has 2 aliphatic rings. The summed E-state index contributed by atoms with van der Waals surface area (Å²) in [4.78, 5) is 6.98. The molecule has 2 aliphatic heterocycles. The third kappa shape index (κ3) is 4.85. The second-order valence-corrected chi connectivity index (χ2v) is 8.80. The lowest BCUT2D eigenvalue weighted by Crippen LogP contribution is -2.48. The van der Waals surface area contributed by atoms with E-state index in [2.05, 4.69) is 67.2 Å². The normalized spacial score (nSPS) is 22.5. The molecule has 0 spiro atoms. The smallest absolute Gasteiger partial charge is 0.193 e. The number of hydrogen-bond donors (Lipinski definition) is 1. The first-order valence-corrected chi connectivity index (χ1v) is 11.7. The Labute approximate surface area is 180 Å². The summed E-state index contributed by atoms with van der Waals surface area (Å²) in [5.74, 6) is 4.63. The van der Waals surface area contributed by atoms with Crippen LogP contribution in [0.25, 0.3) is 0 Å². The van der Waals surface area contributed by atoms with E-state index in [1.54, 1.807) is 0 Å². The van der Waals surface area contributed by atoms with E-state index in [1.807, 2.05) is 7.05 Å². The number of hydrogen-bond acceptors (Lipinski definition) is 3. The lowest BCUT2D eigenvalue weighted by molar-refractivity contribution is 0.234. The molecule has 0 saturated carbocycles. The number of aryl methyl sites for hydroxylation is 2. The lowest BCUT2D eigenvalue weighted by Gasteiger charge is -2.39. The number of guanidine groups is 1. The second kappa shape index (κ2) is 10.1. The van der Waals surface area contributed by atoms with Crippen LogP contribution in [0.4, 0.5) is 0 Å². The Hall–Kier alpha value is -2.37. The summed E-state index contributed by atoms with van der Waals surface area (Å²) < 4.78 is 2.36. The molecule has 4 rings (SSSR count). The molecule has 0 radical (unpaired) electrons. The van der Waals surface area contributed by atoms with Crippen molar-refractivity contribution < 1.29 is 0 Å². The van der Waals surface area contributed by atoms with Crippen LogP contribution in [-0.2, 0) is 19.4 Å². The zero-order valence-corrected chi connectivity index (χ0v) is 18.6. The minimum atomic E-state index is 0.617. The number of nitrogens with one attached hydrogen (secondary N) is 1. The molecule has 0 amide bonds. The van der Waals surface area contributed by atoms with E-state index in [0.29, 0.717) is 11.8 Å². The van der Waals surface area contributed by atoms with Gasteiger partial charge in [-0.2, -0.15) is 0 Å². The first-order valence-electron chi connectivity index (χ1n) is 11.7. The Morgan fingerprint density at radius 2 is 2.00 bits per heavy atom. The van der Waals surface area contributed by atoms with Gasteiger partial charge in [-0.05, 0) is 43.1 Å². The molecule has 1 saturated heterocycles. The van der Waals surface area contributed by atoms with Gasteiger partial charge in [0.25, 0.3) is 0 Å². The molecule has 1 aromatic heterocycles. The molecule has 1 aromatic carbocycles. The van der Waals surface area contributed by atoms with Crippen LogP contribution in [-0.4, -0.2) is 52.3 Å². The number of aromatic nitrogens is 3. The van der Waals surface area contributed by atoms with Crippen molar-refractivity contribution in [1.29, 1.82) is 0 Å². The molecular formula is C24H36N6. The first-order chi connectivity index (χ1) is 14.8. The number of aliphatic imine (C=N–C) groups is 1. The fourth-order valence-corrected chi connectivity index (χ4v) is 5.04. The molecule has 0 bridgehead atoms. The first kappa shape index (κ1) is 20.9. The Bertz CT molecular complexity index is 827. The van der Waals surface area contributed by atoms with Crippen LogP contribution in [0.5, 0.6) is 0 Å². The van der Waals surface area contributed by atoms with Gasteiger partial charge in [0.2, 0.25) is 0 Å². The zero-order chi connectivity index (χ0) is 20.8. The SMILES string of the molecule is CN=C(NCCCc1nnc2n1CCCCC2)N1CCC(c2ccccc2)C(C)C1. The van der Waals surface area contributed by atoms with Crippen LogP contribution in [0.1, 0.15) is 62.2 Å². The van der Waals surface area contributed by atoms with Crippen LogP contribution >= 0.6 is 0 Å². The quantitative estimate of drug-likeness (QED) is 0.466. The highest BCUT2D eigenvalue weighted by Crippen LogP contribution is 2.32. The van der Waals surface area contributed by atoms with Crippen LogP contribution in [0, 0.1) is 5.92 Å². The lowest BCUT2D eigenvalue weighted by atomic mass is 9.82. The van der Waals surface area contributed by atoms with Crippen molar-refractivity contribution >= 4 is 5.96 Å². The van der Waals surface area contributed by atoms with Crippen molar-refractivity contribution in [1.82, 2.24) is 25.0 Å². The standard InChI is InChI=1S/C24H36N6/c1-19-18-29(17-14-21(19)20-10-5-3-6-11-20)24(25-2)26-15-9-13-23-28-27-22-12-7-4-8-16-30(22)23/h3,5-6,10-11,19,21H,4,7-9,12-18H2,1-2H3,(H,25,26). The van der Waals surface area contributed by atoms with Gasteiger partial charge in [0.1, 0.15) is 11.6 Å². The Balaban J connectivity index is 1.25. The van der Waals surface area contributed by atoms with Gasteiger partial charge in [-0.3, -0.25) is 4.99 Å². The van der Waals surface area contributed by atoms with Crippen LogP contribution in [0.3, 0.4) is 0 Å². The third-order valence-corrected chi connectivity index (χ3v) is 6.69. The number of likely N-dealkylation sites (tertiary alicyclic amines) is 1. The third-order valence-electron chi connectivity index (χ3n) is 6.69. The average molecular weight is 409 g/mol. The molecule has 3 heterocycles. The summed E-state index contributed by atoms with van der Waals surface area (Å²) in [6.45, 7) is 6.48. The maximum Gasteiger partial charge on any atom is 0.193 e. The highest BCUT2D eigenvalue weighted by molar-refractivity contribution is 5.80. The Kier molecular flexibility index (Phi) is 7.03. The molecule has 0 aliphatic carbocycles. The Morgan fingerprint density at radius 3 is 2.80 bits per heavy atom. The molecule has 30 heavy (non-hydrogen) atoms. The molecule has 6 nitrogen and oxygen atoms in total. The van der Waals surface area contributed by atoms with Gasteiger partial charge in [-0.1, -0.05) is 43.7 Å². The molecule has 2 atom stereocenters. The van der Waals surface area contributed by atoms with Crippen LogP contribution < -0.4 is 5.32 Å². The largest absolute Gasteiger partial charge is 0.356 e. The summed E-state index contributed by atoms with van der Waals surface area (Å²) in [6, 6.07) is 11.0. The maximum absolute atomic E-state index is 4.56. The fourth-order valence-electron chi connectivity index (χ4n) is 5.04. The highest BCUT2D eigenvalue weighted by atomic mass is 15.3. The molecular weight excluding hydrogens is 372 g/mol. The van der Waals surface area contributed by atoms with Crippen molar-refractivity contribution in [3.05, 3.63) is 47.5 Å². The maximum atomic E-state index is 4.56. The summed E-state index contributed by atoms with van der Waals surface area (Å²) >= 11 is 0. The van der Waals surface area contributed by atoms with Crippen molar-refractivity contribution in [2.75, 3.05) is 26.7 Å². The van der Waals surface area contributed by atoms with Crippen molar-refractivity contribution in [3.8, 4) is 0 Å². The van der Waals surface area contributed by atoms with Crippen molar-refractivity contribution in [2.45, 2.75) is 64.3 Å². The van der Waals surface area contributed by atoms with Gasteiger partial charge in [0, 0.05) is 46.1 Å². The topological polar surface area (TPSA) is 58.3 Å².